The van der Waals surface area contributed by atoms with E-state index in [1.54, 1.807) is 0 Å². The molecule has 2 heteroatoms. The fraction of sp³-hybridized carbons (Fsp3) is 0.0476. The summed E-state index contributed by atoms with van der Waals surface area (Å²) in [5.74, 6) is 0. The highest BCUT2D eigenvalue weighted by molar-refractivity contribution is 6.32. The Bertz CT molecular complexity index is 766. The summed E-state index contributed by atoms with van der Waals surface area (Å²) in [6, 6.07) is 28.5. The zero-order valence-electron chi connectivity index (χ0n) is 12.7. The molecule has 23 heavy (non-hydrogen) atoms. The molecule has 0 heterocycles. The molecular formula is C21H18ClN. The lowest BCUT2D eigenvalue weighted by molar-refractivity contribution is 0.990. The number of benzene rings is 3. The Morgan fingerprint density at radius 1 is 0.739 bits per heavy atom. The largest absolute Gasteiger partial charge is 0.375 e. The van der Waals surface area contributed by atoms with Crippen molar-refractivity contribution in [3.63, 3.8) is 0 Å². The van der Waals surface area contributed by atoms with Crippen LogP contribution in [0.5, 0.6) is 0 Å². The van der Waals surface area contributed by atoms with Gasteiger partial charge in [-0.2, -0.15) is 0 Å². The number of hydrogen-bond donors (Lipinski definition) is 1. The molecule has 0 radical (unpaired) electrons. The zero-order valence-corrected chi connectivity index (χ0v) is 13.4. The van der Waals surface area contributed by atoms with Crippen molar-refractivity contribution < 1.29 is 0 Å². The molecule has 0 aliphatic rings. The molecule has 3 aromatic rings. The standard InChI is InChI=1S/C21H18ClN/c22-20-14-8-7-9-17(20)15-16-21(18-10-3-1-4-11-18)23-19-12-5-2-6-13-19/h1-16,21,23H/b16-15+. The van der Waals surface area contributed by atoms with Crippen molar-refractivity contribution in [3.8, 4) is 0 Å². The number of hydrogen-bond acceptors (Lipinski definition) is 1. The first-order valence-electron chi connectivity index (χ1n) is 7.62. The molecule has 0 aliphatic heterocycles. The van der Waals surface area contributed by atoms with Gasteiger partial charge in [0.2, 0.25) is 0 Å². The van der Waals surface area contributed by atoms with Crippen molar-refractivity contribution in [2.75, 3.05) is 5.32 Å². The zero-order chi connectivity index (χ0) is 15.9. The smallest absolute Gasteiger partial charge is 0.0701 e. The minimum Gasteiger partial charge on any atom is -0.375 e. The summed E-state index contributed by atoms with van der Waals surface area (Å²) < 4.78 is 0. The second-order valence-electron chi connectivity index (χ2n) is 5.28. The van der Waals surface area contributed by atoms with Gasteiger partial charge < -0.3 is 5.32 Å². The van der Waals surface area contributed by atoms with E-state index in [1.165, 1.54) is 5.56 Å². The highest BCUT2D eigenvalue weighted by Crippen LogP contribution is 2.23. The molecule has 0 saturated heterocycles. The van der Waals surface area contributed by atoms with Crippen molar-refractivity contribution in [1.82, 2.24) is 0 Å². The van der Waals surface area contributed by atoms with Crippen LogP contribution in [0.25, 0.3) is 6.08 Å². The van der Waals surface area contributed by atoms with Crippen LogP contribution in [0.15, 0.2) is 91.0 Å². The van der Waals surface area contributed by atoms with Gasteiger partial charge >= 0.3 is 0 Å². The molecule has 0 amide bonds. The van der Waals surface area contributed by atoms with E-state index < -0.39 is 0 Å². The summed E-state index contributed by atoms with van der Waals surface area (Å²) >= 11 is 6.24. The second-order valence-corrected chi connectivity index (χ2v) is 5.69. The highest BCUT2D eigenvalue weighted by Gasteiger charge is 2.07. The average Bonchev–Trinajstić information content (AvgIpc) is 2.61. The van der Waals surface area contributed by atoms with E-state index in [0.717, 1.165) is 16.3 Å². The summed E-state index contributed by atoms with van der Waals surface area (Å²) in [5.41, 5.74) is 3.31. The van der Waals surface area contributed by atoms with Crippen molar-refractivity contribution in [3.05, 3.63) is 107 Å². The lowest BCUT2D eigenvalue weighted by Gasteiger charge is -2.17. The maximum absolute atomic E-state index is 6.24. The Morgan fingerprint density at radius 3 is 2.04 bits per heavy atom. The lowest BCUT2D eigenvalue weighted by atomic mass is 10.0. The second kappa shape index (κ2) is 7.66. The molecule has 0 aliphatic carbocycles. The summed E-state index contributed by atoms with van der Waals surface area (Å²) in [6.45, 7) is 0. The van der Waals surface area contributed by atoms with E-state index in [1.807, 2.05) is 48.5 Å². The SMILES string of the molecule is Clc1ccccc1/C=C/C(Nc1ccccc1)c1ccccc1. The third-order valence-electron chi connectivity index (χ3n) is 3.63. The van der Waals surface area contributed by atoms with Crippen molar-refractivity contribution in [1.29, 1.82) is 0 Å². The molecule has 1 atom stereocenters. The van der Waals surface area contributed by atoms with Crippen molar-refractivity contribution >= 4 is 23.4 Å². The Labute approximate surface area is 142 Å². The van der Waals surface area contributed by atoms with Gasteiger partial charge in [0.05, 0.1) is 6.04 Å². The highest BCUT2D eigenvalue weighted by atomic mass is 35.5. The Balaban J connectivity index is 1.88. The van der Waals surface area contributed by atoms with Crippen LogP contribution in [-0.4, -0.2) is 0 Å². The molecule has 1 unspecified atom stereocenters. The van der Waals surface area contributed by atoms with Crippen LogP contribution in [0.4, 0.5) is 5.69 Å². The first-order chi connectivity index (χ1) is 11.3. The molecule has 0 saturated carbocycles. The predicted octanol–water partition coefficient (Wildman–Crippen LogP) is 6.21. The molecule has 1 N–H and O–H groups in total. The minimum absolute atomic E-state index is 0.0786. The van der Waals surface area contributed by atoms with Crippen LogP contribution in [0.1, 0.15) is 17.2 Å². The molecule has 3 aromatic carbocycles. The molecule has 0 bridgehead atoms. The fourth-order valence-corrected chi connectivity index (χ4v) is 2.63. The normalized spacial score (nSPS) is 12.2. The number of rotatable bonds is 5. The van der Waals surface area contributed by atoms with Crippen LogP contribution in [0.2, 0.25) is 5.02 Å². The third kappa shape index (κ3) is 4.24. The fourth-order valence-electron chi connectivity index (χ4n) is 2.43. The summed E-state index contributed by atoms with van der Waals surface area (Å²) in [7, 11) is 0. The monoisotopic (exact) mass is 319 g/mol. The van der Waals surface area contributed by atoms with Crippen LogP contribution in [0.3, 0.4) is 0 Å². The lowest BCUT2D eigenvalue weighted by Crippen LogP contribution is -2.07. The Morgan fingerprint density at radius 2 is 1.35 bits per heavy atom. The van der Waals surface area contributed by atoms with E-state index in [2.05, 4.69) is 53.9 Å². The van der Waals surface area contributed by atoms with E-state index >= 15 is 0 Å². The van der Waals surface area contributed by atoms with E-state index in [0.29, 0.717) is 0 Å². The van der Waals surface area contributed by atoms with Gasteiger partial charge in [-0.25, -0.2) is 0 Å². The van der Waals surface area contributed by atoms with Crippen molar-refractivity contribution in [2.24, 2.45) is 0 Å². The third-order valence-corrected chi connectivity index (χ3v) is 3.97. The molecule has 0 fully saturated rings. The van der Waals surface area contributed by atoms with Gasteiger partial charge in [-0.3, -0.25) is 0 Å². The van der Waals surface area contributed by atoms with Gasteiger partial charge in [-0.15, -0.1) is 0 Å². The van der Waals surface area contributed by atoms with Gasteiger partial charge in [0.15, 0.2) is 0 Å². The van der Waals surface area contributed by atoms with Crippen LogP contribution in [-0.2, 0) is 0 Å². The summed E-state index contributed by atoms with van der Waals surface area (Å²) in [6.07, 6.45) is 4.21. The molecule has 3 rings (SSSR count). The first kappa shape index (κ1) is 15.4. The number of anilines is 1. The summed E-state index contributed by atoms with van der Waals surface area (Å²) in [4.78, 5) is 0. The van der Waals surface area contributed by atoms with Gasteiger partial charge in [0.1, 0.15) is 0 Å². The predicted molar refractivity (Wildman–Crippen MR) is 99.7 cm³/mol. The minimum atomic E-state index is 0.0786. The topological polar surface area (TPSA) is 12.0 Å². The maximum atomic E-state index is 6.24. The van der Waals surface area contributed by atoms with E-state index in [9.17, 15) is 0 Å². The van der Waals surface area contributed by atoms with Crippen LogP contribution in [0, 0.1) is 0 Å². The maximum Gasteiger partial charge on any atom is 0.0701 e. The Kier molecular flexibility index (Phi) is 5.13. The molecular weight excluding hydrogens is 302 g/mol. The molecule has 1 nitrogen and oxygen atoms in total. The number of halogens is 1. The molecule has 0 aromatic heterocycles. The first-order valence-corrected chi connectivity index (χ1v) is 8.00. The van der Waals surface area contributed by atoms with Crippen molar-refractivity contribution in [2.45, 2.75) is 6.04 Å². The average molecular weight is 320 g/mol. The Hall–Kier alpha value is -2.51. The van der Waals surface area contributed by atoms with Gasteiger partial charge in [0.25, 0.3) is 0 Å². The van der Waals surface area contributed by atoms with Gasteiger partial charge in [-0.1, -0.05) is 90.5 Å². The van der Waals surface area contributed by atoms with Gasteiger partial charge in [-0.05, 0) is 29.3 Å². The summed E-state index contributed by atoms with van der Waals surface area (Å²) in [5, 5.41) is 4.31. The number of para-hydroxylation sites is 1. The van der Waals surface area contributed by atoms with E-state index in [4.69, 9.17) is 11.6 Å². The van der Waals surface area contributed by atoms with Gasteiger partial charge in [0, 0.05) is 10.7 Å². The molecule has 114 valence electrons. The number of nitrogens with one attached hydrogen (secondary N) is 1. The molecule has 0 spiro atoms. The van der Waals surface area contributed by atoms with Crippen LogP contribution >= 0.6 is 11.6 Å². The van der Waals surface area contributed by atoms with E-state index in [-0.39, 0.29) is 6.04 Å². The van der Waals surface area contributed by atoms with Crippen LogP contribution < -0.4 is 5.32 Å². The quantitative estimate of drug-likeness (QED) is 0.589.